The molecule has 0 radical (unpaired) electrons. The number of rotatable bonds is 4. The molecule has 110 valence electrons. The summed E-state index contributed by atoms with van der Waals surface area (Å²) in [5, 5.41) is 3.92. The average Bonchev–Trinajstić information content (AvgIpc) is 2.44. The standard InChI is InChI=1S/C14H16BrClFNO2/c15-9-14(4-6-20-7-5-14)18-13(19)8-10-11(16)2-1-3-12(10)17/h1-3H,4-9H2,(H,18,19). The minimum atomic E-state index is -0.451. The topological polar surface area (TPSA) is 38.3 Å². The van der Waals surface area contributed by atoms with E-state index in [4.69, 9.17) is 16.3 Å². The van der Waals surface area contributed by atoms with Gasteiger partial charge in [-0.25, -0.2) is 4.39 Å². The van der Waals surface area contributed by atoms with Crippen LogP contribution in [0.3, 0.4) is 0 Å². The van der Waals surface area contributed by atoms with Crippen LogP contribution in [0.25, 0.3) is 0 Å². The first-order valence-electron chi connectivity index (χ1n) is 6.44. The maximum Gasteiger partial charge on any atom is 0.225 e. The Morgan fingerprint density at radius 1 is 1.45 bits per heavy atom. The minimum Gasteiger partial charge on any atom is -0.381 e. The van der Waals surface area contributed by atoms with Gasteiger partial charge in [-0.05, 0) is 25.0 Å². The van der Waals surface area contributed by atoms with Crippen molar-refractivity contribution in [2.24, 2.45) is 0 Å². The van der Waals surface area contributed by atoms with Gasteiger partial charge in [-0.1, -0.05) is 33.6 Å². The highest BCUT2D eigenvalue weighted by Crippen LogP contribution is 2.24. The van der Waals surface area contributed by atoms with Crippen molar-refractivity contribution in [1.29, 1.82) is 0 Å². The number of ether oxygens (including phenoxy) is 1. The van der Waals surface area contributed by atoms with E-state index in [0.29, 0.717) is 18.5 Å². The lowest BCUT2D eigenvalue weighted by molar-refractivity contribution is -0.123. The zero-order valence-corrected chi connectivity index (χ0v) is 13.3. The van der Waals surface area contributed by atoms with Crippen molar-refractivity contribution >= 4 is 33.4 Å². The molecule has 0 aliphatic carbocycles. The Bertz CT molecular complexity index is 472. The molecule has 1 aliphatic rings. The number of hydrogen-bond donors (Lipinski definition) is 1. The van der Waals surface area contributed by atoms with Gasteiger partial charge in [-0.15, -0.1) is 0 Å². The third kappa shape index (κ3) is 3.71. The highest BCUT2D eigenvalue weighted by Gasteiger charge is 2.33. The number of benzene rings is 1. The summed E-state index contributed by atoms with van der Waals surface area (Å²) in [7, 11) is 0. The smallest absolute Gasteiger partial charge is 0.225 e. The van der Waals surface area contributed by atoms with Crippen LogP contribution in [0.1, 0.15) is 18.4 Å². The largest absolute Gasteiger partial charge is 0.381 e. The number of carbonyl (C=O) groups is 1. The first-order chi connectivity index (χ1) is 9.56. The summed E-state index contributed by atoms with van der Waals surface area (Å²) in [6, 6.07) is 4.42. The molecule has 0 unspecified atom stereocenters. The Morgan fingerprint density at radius 2 is 2.15 bits per heavy atom. The van der Waals surface area contributed by atoms with E-state index in [1.807, 2.05) is 0 Å². The number of hydrogen-bond acceptors (Lipinski definition) is 2. The Labute approximate surface area is 131 Å². The fraction of sp³-hybridized carbons (Fsp3) is 0.500. The molecule has 1 saturated heterocycles. The fourth-order valence-corrected chi connectivity index (χ4v) is 3.19. The lowest BCUT2D eigenvalue weighted by atomic mass is 9.92. The molecule has 1 N–H and O–H groups in total. The van der Waals surface area contributed by atoms with Gasteiger partial charge in [0.15, 0.2) is 0 Å². The molecule has 3 nitrogen and oxygen atoms in total. The molecule has 1 fully saturated rings. The minimum absolute atomic E-state index is 0.0545. The van der Waals surface area contributed by atoms with E-state index in [9.17, 15) is 9.18 Å². The molecule has 6 heteroatoms. The summed E-state index contributed by atoms with van der Waals surface area (Å²) in [5.41, 5.74) is -0.0731. The van der Waals surface area contributed by atoms with Crippen LogP contribution in [0.4, 0.5) is 4.39 Å². The number of alkyl halides is 1. The highest BCUT2D eigenvalue weighted by molar-refractivity contribution is 9.09. The van der Waals surface area contributed by atoms with Gasteiger partial charge < -0.3 is 10.1 Å². The third-order valence-electron chi connectivity index (χ3n) is 3.51. The maximum absolute atomic E-state index is 13.7. The van der Waals surface area contributed by atoms with Crippen molar-refractivity contribution in [3.05, 3.63) is 34.6 Å². The summed E-state index contributed by atoms with van der Waals surface area (Å²) in [6.45, 7) is 1.23. The van der Waals surface area contributed by atoms with Gasteiger partial charge in [0.05, 0.1) is 12.0 Å². The summed E-state index contributed by atoms with van der Waals surface area (Å²) in [5.74, 6) is -0.675. The normalized spacial score (nSPS) is 17.8. The van der Waals surface area contributed by atoms with Gasteiger partial charge in [-0.3, -0.25) is 4.79 Å². The van der Waals surface area contributed by atoms with Crippen LogP contribution in [0.5, 0.6) is 0 Å². The van der Waals surface area contributed by atoms with E-state index >= 15 is 0 Å². The summed E-state index contributed by atoms with van der Waals surface area (Å²) < 4.78 is 19.0. The molecular formula is C14H16BrClFNO2. The lowest BCUT2D eigenvalue weighted by Crippen LogP contribution is -2.53. The molecule has 2 rings (SSSR count). The van der Waals surface area contributed by atoms with E-state index in [1.54, 1.807) is 6.07 Å². The van der Waals surface area contributed by atoms with Crippen LogP contribution in [0.2, 0.25) is 5.02 Å². The monoisotopic (exact) mass is 363 g/mol. The van der Waals surface area contributed by atoms with Crippen LogP contribution >= 0.6 is 27.5 Å². The molecule has 0 atom stereocenters. The maximum atomic E-state index is 13.7. The van der Waals surface area contributed by atoms with E-state index < -0.39 is 5.82 Å². The second-order valence-corrected chi connectivity index (χ2v) is 5.92. The van der Waals surface area contributed by atoms with Crippen molar-refractivity contribution in [2.45, 2.75) is 24.8 Å². The van der Waals surface area contributed by atoms with Crippen molar-refractivity contribution < 1.29 is 13.9 Å². The molecule has 20 heavy (non-hydrogen) atoms. The second-order valence-electron chi connectivity index (χ2n) is 4.95. The second kappa shape index (κ2) is 6.87. The number of nitrogens with one attached hydrogen (secondary N) is 1. The third-order valence-corrected chi connectivity index (χ3v) is 4.94. The Balaban J connectivity index is 2.05. The molecule has 0 spiro atoms. The quantitative estimate of drug-likeness (QED) is 0.834. The number of amides is 1. The van der Waals surface area contributed by atoms with Gasteiger partial charge in [-0.2, -0.15) is 0 Å². The molecule has 1 aromatic carbocycles. The first-order valence-corrected chi connectivity index (χ1v) is 7.94. The van der Waals surface area contributed by atoms with E-state index in [0.717, 1.165) is 12.8 Å². The van der Waals surface area contributed by atoms with Gasteiger partial charge in [0, 0.05) is 29.1 Å². The van der Waals surface area contributed by atoms with Crippen LogP contribution < -0.4 is 5.32 Å². The summed E-state index contributed by atoms with van der Waals surface area (Å²) in [4.78, 5) is 12.2. The Kier molecular flexibility index (Phi) is 5.41. The number of carbonyl (C=O) groups excluding carboxylic acids is 1. The molecule has 1 heterocycles. The highest BCUT2D eigenvalue weighted by atomic mass is 79.9. The van der Waals surface area contributed by atoms with Gasteiger partial charge in [0.25, 0.3) is 0 Å². The van der Waals surface area contributed by atoms with E-state index in [1.165, 1.54) is 12.1 Å². The van der Waals surface area contributed by atoms with Crippen molar-refractivity contribution in [1.82, 2.24) is 5.32 Å². The molecule has 1 aliphatic heterocycles. The summed E-state index contributed by atoms with van der Waals surface area (Å²) >= 11 is 9.38. The predicted molar refractivity (Wildman–Crippen MR) is 79.8 cm³/mol. The predicted octanol–water partition coefficient (Wildman–Crippen LogP) is 3.08. The van der Waals surface area contributed by atoms with Gasteiger partial charge in [0.1, 0.15) is 5.82 Å². The van der Waals surface area contributed by atoms with Crippen LogP contribution in [0, 0.1) is 5.82 Å². The van der Waals surface area contributed by atoms with Crippen molar-refractivity contribution in [2.75, 3.05) is 18.5 Å². The molecule has 1 aromatic rings. The van der Waals surface area contributed by atoms with E-state index in [2.05, 4.69) is 21.2 Å². The summed E-state index contributed by atoms with van der Waals surface area (Å²) in [6.07, 6.45) is 1.44. The van der Waals surface area contributed by atoms with Crippen molar-refractivity contribution in [3.8, 4) is 0 Å². The molecule has 0 saturated carbocycles. The number of halogens is 3. The Morgan fingerprint density at radius 3 is 2.75 bits per heavy atom. The van der Waals surface area contributed by atoms with Gasteiger partial charge >= 0.3 is 0 Å². The van der Waals surface area contributed by atoms with Crippen LogP contribution in [-0.4, -0.2) is 30.0 Å². The van der Waals surface area contributed by atoms with Crippen LogP contribution in [0.15, 0.2) is 18.2 Å². The molecular weight excluding hydrogens is 349 g/mol. The zero-order valence-electron chi connectivity index (χ0n) is 10.9. The molecule has 0 bridgehead atoms. The first kappa shape index (κ1) is 15.7. The van der Waals surface area contributed by atoms with Crippen molar-refractivity contribution in [3.63, 3.8) is 0 Å². The lowest BCUT2D eigenvalue weighted by Gasteiger charge is -2.36. The fourth-order valence-electron chi connectivity index (χ4n) is 2.26. The SMILES string of the molecule is O=C(Cc1c(F)cccc1Cl)NC1(CBr)CCOCC1. The molecule has 0 aromatic heterocycles. The van der Waals surface area contributed by atoms with Crippen LogP contribution in [-0.2, 0) is 16.0 Å². The Hall–Kier alpha value is -0.650. The molecule has 1 amide bonds. The van der Waals surface area contributed by atoms with E-state index in [-0.39, 0.29) is 28.5 Å². The zero-order chi connectivity index (χ0) is 14.6. The van der Waals surface area contributed by atoms with Gasteiger partial charge in [0.2, 0.25) is 5.91 Å². The average molecular weight is 365 g/mol.